The van der Waals surface area contributed by atoms with E-state index in [1.165, 1.54) is 0 Å². The molecule has 7 heteroatoms. The van der Waals surface area contributed by atoms with E-state index in [1.807, 2.05) is 0 Å². The number of halogens is 2. The molecule has 52 valence electrons. The molecule has 0 atom stereocenters. The minimum atomic E-state index is -3.89. The number of nitrogens with one attached hydrogen (secondary N) is 2. The van der Waals surface area contributed by atoms with Crippen LogP contribution in [0.1, 0.15) is 0 Å². The summed E-state index contributed by atoms with van der Waals surface area (Å²) < 4.78 is -0.666. The first-order chi connectivity index (χ1) is 3.89. The molecule has 0 bridgehead atoms. The van der Waals surface area contributed by atoms with E-state index in [0.29, 0.717) is 0 Å². The van der Waals surface area contributed by atoms with Crippen LogP contribution in [0.25, 0.3) is 0 Å². The van der Waals surface area contributed by atoms with Crippen molar-refractivity contribution in [3.05, 3.63) is 0 Å². The Kier molecular flexibility index (Phi) is 3.04. The topological polar surface area (TPSA) is 99.7 Å². The summed E-state index contributed by atoms with van der Waals surface area (Å²) in [7, 11) is 11.0. The Morgan fingerprint density at radius 3 is 1.33 bits per heavy atom. The minimum absolute atomic E-state index is 0.333. The zero-order valence-corrected chi connectivity index (χ0v) is 8.78. The van der Waals surface area contributed by atoms with Crippen molar-refractivity contribution in [3.8, 4) is 0 Å². The van der Waals surface area contributed by atoms with Crippen LogP contribution in [-0.2, 0) is 0 Å². The number of hydrogen-bond donors (Lipinski definition) is 4. The molecule has 0 aromatic carbocycles. The van der Waals surface area contributed by atoms with Gasteiger partial charge in [0.2, 0.25) is 0 Å². The summed E-state index contributed by atoms with van der Waals surface area (Å²) in [5.41, 5.74) is 9.93. The second kappa shape index (κ2) is 2.94. The van der Waals surface area contributed by atoms with Gasteiger partial charge in [-0.25, -0.2) is 0 Å². The zero-order valence-electron chi connectivity index (χ0n) is 4.41. The molecule has 0 amide bonds. The van der Waals surface area contributed by atoms with E-state index in [9.17, 15) is 0 Å². The van der Waals surface area contributed by atoms with Gasteiger partial charge in [0.15, 0.2) is 0 Å². The van der Waals surface area contributed by atoms with Gasteiger partial charge in [-0.2, -0.15) is 0 Å². The molecular formula is C2H6Cl2N4Sn. The molecular weight excluding hydrogens is 270 g/mol. The van der Waals surface area contributed by atoms with Gasteiger partial charge < -0.3 is 0 Å². The molecule has 6 N–H and O–H groups in total. The fraction of sp³-hybridized carbons (Fsp3) is 0. The predicted octanol–water partition coefficient (Wildman–Crippen LogP) is -0.143. The van der Waals surface area contributed by atoms with Gasteiger partial charge >= 0.3 is 64.0 Å². The van der Waals surface area contributed by atoms with Crippen LogP contribution in [0.15, 0.2) is 0 Å². The van der Waals surface area contributed by atoms with Crippen molar-refractivity contribution in [2.45, 2.75) is 0 Å². The van der Waals surface area contributed by atoms with Crippen LogP contribution < -0.4 is 11.5 Å². The molecule has 0 saturated heterocycles. The van der Waals surface area contributed by atoms with Crippen LogP contribution in [-0.4, -0.2) is 23.8 Å². The number of amidine groups is 2. The van der Waals surface area contributed by atoms with Gasteiger partial charge in [0.25, 0.3) is 0 Å². The van der Waals surface area contributed by atoms with E-state index < -0.39 is 16.1 Å². The standard InChI is InChI=1S/2CH3N2.2ClH.Sn/c2*2-1-3;;;/h2*(H3,2,3);2*1H;/q;;;;+2/p-2. The van der Waals surface area contributed by atoms with Crippen LogP contribution in [0.3, 0.4) is 0 Å². The molecule has 0 saturated carbocycles. The molecule has 0 spiro atoms. The van der Waals surface area contributed by atoms with Gasteiger partial charge in [0, 0.05) is 0 Å². The van der Waals surface area contributed by atoms with E-state index in [1.54, 1.807) is 0 Å². The maximum absolute atomic E-state index is 6.81. The van der Waals surface area contributed by atoms with E-state index in [-0.39, 0.29) is 7.70 Å². The summed E-state index contributed by atoms with van der Waals surface area (Å²) in [5, 5.41) is 13.6. The van der Waals surface area contributed by atoms with E-state index in [2.05, 4.69) is 0 Å². The van der Waals surface area contributed by atoms with E-state index in [4.69, 9.17) is 40.1 Å². The Morgan fingerprint density at radius 1 is 1.11 bits per heavy atom. The molecule has 0 radical (unpaired) electrons. The average Bonchev–Trinajstić information content (AvgIpc) is 1.65. The summed E-state index contributed by atoms with van der Waals surface area (Å²) in [5.74, 6) is 0. The molecule has 0 heterocycles. The molecule has 0 unspecified atom stereocenters. The summed E-state index contributed by atoms with van der Waals surface area (Å²) in [6.07, 6.45) is 0. The van der Waals surface area contributed by atoms with Gasteiger partial charge in [0.1, 0.15) is 0 Å². The van der Waals surface area contributed by atoms with Crippen molar-refractivity contribution in [1.82, 2.24) is 0 Å². The first-order valence-electron chi connectivity index (χ1n) is 1.96. The van der Waals surface area contributed by atoms with Crippen molar-refractivity contribution >= 4 is 41.7 Å². The first kappa shape index (κ1) is 9.32. The monoisotopic (exact) mass is 276 g/mol. The number of rotatable bonds is 2. The summed E-state index contributed by atoms with van der Waals surface area (Å²) >= 11 is -3.89. The Bertz CT molecular complexity index is 139. The first-order valence-corrected chi connectivity index (χ1v) is 12.0. The molecule has 9 heavy (non-hydrogen) atoms. The van der Waals surface area contributed by atoms with E-state index >= 15 is 0 Å². The van der Waals surface area contributed by atoms with Crippen molar-refractivity contribution in [3.63, 3.8) is 0 Å². The summed E-state index contributed by atoms with van der Waals surface area (Å²) in [4.78, 5) is 0. The Balaban J connectivity index is 4.38. The van der Waals surface area contributed by atoms with Crippen molar-refractivity contribution in [1.29, 1.82) is 10.8 Å². The zero-order chi connectivity index (χ0) is 7.65. The van der Waals surface area contributed by atoms with Crippen LogP contribution in [0.2, 0.25) is 0 Å². The van der Waals surface area contributed by atoms with Gasteiger partial charge in [-0.1, -0.05) is 0 Å². The summed E-state index contributed by atoms with van der Waals surface area (Å²) in [6, 6.07) is 0. The van der Waals surface area contributed by atoms with Gasteiger partial charge in [-0.15, -0.1) is 0 Å². The molecule has 0 aromatic heterocycles. The maximum atomic E-state index is 6.81. The number of hydrogen-bond acceptors (Lipinski definition) is 2. The number of nitrogens with two attached hydrogens (primary N) is 2. The third-order valence-electron chi connectivity index (χ3n) is 0.677. The van der Waals surface area contributed by atoms with Crippen molar-refractivity contribution in [2.75, 3.05) is 0 Å². The Morgan fingerprint density at radius 2 is 1.33 bits per heavy atom. The SMILES string of the molecule is N=[C](N)[Sn]([Cl])([Cl])[C](=N)N. The molecule has 0 rings (SSSR count). The predicted molar refractivity (Wildman–Crippen MR) is 41.3 cm³/mol. The second-order valence-electron chi connectivity index (χ2n) is 1.40. The van der Waals surface area contributed by atoms with Gasteiger partial charge in [-0.05, 0) is 0 Å². The van der Waals surface area contributed by atoms with E-state index in [0.717, 1.165) is 0 Å². The third kappa shape index (κ3) is 2.19. The van der Waals surface area contributed by atoms with Crippen LogP contribution in [0.5, 0.6) is 0 Å². The van der Waals surface area contributed by atoms with Crippen LogP contribution >= 0.6 is 17.8 Å². The van der Waals surface area contributed by atoms with Gasteiger partial charge in [0.05, 0.1) is 0 Å². The fourth-order valence-electron chi connectivity index (χ4n) is 0.145. The van der Waals surface area contributed by atoms with Crippen LogP contribution in [0, 0.1) is 10.8 Å². The Hall–Kier alpha value is 0.319. The van der Waals surface area contributed by atoms with Gasteiger partial charge in [-0.3, -0.25) is 0 Å². The molecule has 4 nitrogen and oxygen atoms in total. The molecule has 0 aromatic rings. The summed E-state index contributed by atoms with van der Waals surface area (Å²) in [6.45, 7) is 0. The Labute approximate surface area is 63.8 Å². The normalized spacial score (nSPS) is 10.9. The molecule has 0 aliphatic heterocycles. The van der Waals surface area contributed by atoms with Crippen molar-refractivity contribution in [2.24, 2.45) is 11.5 Å². The molecule has 0 aliphatic rings. The fourth-order valence-corrected chi connectivity index (χ4v) is 0.973. The average molecular weight is 276 g/mol. The van der Waals surface area contributed by atoms with Crippen molar-refractivity contribution < 1.29 is 0 Å². The second-order valence-corrected chi connectivity index (χ2v) is 16.7. The molecule has 0 fully saturated rings. The third-order valence-corrected chi connectivity index (χ3v) is 10.0. The van der Waals surface area contributed by atoms with Crippen LogP contribution in [0.4, 0.5) is 0 Å². The quantitative estimate of drug-likeness (QED) is 0.320. The molecule has 0 aliphatic carbocycles.